The first-order valence-corrected chi connectivity index (χ1v) is 21.1. The molecule has 1 N–H and O–H groups in total. The molecule has 2 aliphatic heterocycles. The molecule has 0 unspecified atom stereocenters. The van der Waals surface area contributed by atoms with E-state index in [9.17, 15) is 28.5 Å². The van der Waals surface area contributed by atoms with Gasteiger partial charge in [-0.2, -0.15) is 0 Å². The predicted molar refractivity (Wildman–Crippen MR) is 207 cm³/mol. The summed E-state index contributed by atoms with van der Waals surface area (Å²) in [7, 11) is -2.84. The van der Waals surface area contributed by atoms with E-state index in [0.717, 1.165) is 19.3 Å². The summed E-state index contributed by atoms with van der Waals surface area (Å²) in [6.45, 7) is 5.84. The molecule has 2 atom stereocenters. The molecule has 3 heterocycles. The number of nitrogens with one attached hydrogen (secondary N) is 1. The first-order valence-electron chi connectivity index (χ1n) is 19.4. The lowest BCUT2D eigenvalue weighted by Gasteiger charge is -2.36. The Bertz CT molecular complexity index is 1670. The number of benzene rings is 1. The molecule has 1 aromatic heterocycles. The average molecular weight is 819 g/mol. The van der Waals surface area contributed by atoms with Gasteiger partial charge in [0.2, 0.25) is 19.5 Å². The molecule has 3 amide bonds. The molecule has 57 heavy (non-hydrogen) atoms. The number of ether oxygens (including phenoxy) is 4. The maximum atomic E-state index is 14.3. The van der Waals surface area contributed by atoms with Crippen molar-refractivity contribution in [2.24, 2.45) is 0 Å². The maximum absolute atomic E-state index is 14.3. The van der Waals surface area contributed by atoms with E-state index in [1.165, 1.54) is 15.9 Å². The zero-order valence-electron chi connectivity index (χ0n) is 33.2. The minimum Gasteiger partial charge on any atom is -0.449 e. The maximum Gasteiger partial charge on any atom is 0.409 e. The van der Waals surface area contributed by atoms with Crippen LogP contribution in [-0.2, 0) is 46.9 Å². The van der Waals surface area contributed by atoms with Gasteiger partial charge in [-0.05, 0) is 25.7 Å². The van der Waals surface area contributed by atoms with Gasteiger partial charge in [0.05, 0.1) is 18.9 Å². The Hall–Kier alpha value is -4.64. The zero-order valence-corrected chi connectivity index (χ0v) is 34.1. The lowest BCUT2D eigenvalue weighted by molar-refractivity contribution is -0.152. The number of rotatable bonds is 21. The number of unbranched alkanes of at least 4 members (excludes halogenated alkanes) is 1. The minimum absolute atomic E-state index is 0.0327. The van der Waals surface area contributed by atoms with Crippen LogP contribution in [0.1, 0.15) is 76.2 Å². The Balaban J connectivity index is 1.64. The normalized spacial score (nSPS) is 16.2. The molecule has 0 saturated carbocycles. The lowest BCUT2D eigenvalue weighted by Crippen LogP contribution is -2.57. The first kappa shape index (κ1) is 45.1. The molecule has 19 heteroatoms. The second-order valence-electron chi connectivity index (χ2n) is 13.5. The number of nitrogens with zero attached hydrogens (tertiary/aromatic N) is 5. The molecule has 1 aromatic carbocycles. The molecule has 18 nitrogen and oxygen atoms in total. The van der Waals surface area contributed by atoms with Crippen molar-refractivity contribution in [1.29, 1.82) is 0 Å². The summed E-state index contributed by atoms with van der Waals surface area (Å²) in [6.07, 6.45) is 2.21. The van der Waals surface area contributed by atoms with Crippen molar-refractivity contribution in [3.05, 3.63) is 42.1 Å². The molecule has 2 aromatic rings. The fraction of sp³-hybridized carbons (Fsp3) is 0.605. The van der Waals surface area contributed by atoms with Crippen LogP contribution in [0.25, 0.3) is 11.4 Å². The molecule has 0 radical (unpaired) electrons. The van der Waals surface area contributed by atoms with Crippen LogP contribution in [0.4, 0.5) is 10.6 Å². The van der Waals surface area contributed by atoms with Crippen LogP contribution in [0.3, 0.4) is 0 Å². The van der Waals surface area contributed by atoms with Crippen molar-refractivity contribution in [2.75, 3.05) is 77.6 Å². The second-order valence-corrected chi connectivity index (χ2v) is 15.6. The Kier molecular flexibility index (Phi) is 18.1. The van der Waals surface area contributed by atoms with Crippen LogP contribution >= 0.6 is 7.60 Å². The van der Waals surface area contributed by atoms with Crippen LogP contribution < -0.4 is 10.2 Å². The molecule has 0 spiro atoms. The molecule has 0 bridgehead atoms. The Labute approximate surface area is 333 Å². The molecule has 0 aliphatic carbocycles. The highest BCUT2D eigenvalue weighted by atomic mass is 31.2. The molecule has 2 fully saturated rings. The zero-order chi connectivity index (χ0) is 41.2. The largest absolute Gasteiger partial charge is 0.449 e. The number of aromatic nitrogens is 2. The third-order valence-corrected chi connectivity index (χ3v) is 11.0. The van der Waals surface area contributed by atoms with Gasteiger partial charge in [0, 0.05) is 70.8 Å². The SMILES string of the molecule is CCCCOC(=O)N1CCN(C(=O)[C@H](CP(=O)(OCOC(=O)CCC)OCOC(=O)CCC)NC(=O)c2cc(N3CC[C@H](OC)C3)nc(-c3ccccc3)n2)CC1. The van der Waals surface area contributed by atoms with Crippen molar-refractivity contribution in [1.82, 2.24) is 25.1 Å². The number of carbonyl (C=O) groups is 5. The molecule has 314 valence electrons. The predicted octanol–water partition coefficient (Wildman–Crippen LogP) is 4.38. The second kappa shape index (κ2) is 22.9. The minimum atomic E-state index is -4.47. The number of hydrogen-bond acceptors (Lipinski definition) is 15. The summed E-state index contributed by atoms with van der Waals surface area (Å²) in [5.74, 6) is -1.93. The highest BCUT2D eigenvalue weighted by Crippen LogP contribution is 2.49. The van der Waals surface area contributed by atoms with E-state index in [-0.39, 0.29) is 63.2 Å². The van der Waals surface area contributed by atoms with Gasteiger partial charge in [0.25, 0.3) is 5.91 Å². The van der Waals surface area contributed by atoms with Gasteiger partial charge < -0.3 is 39.0 Å². The molecule has 2 aliphatic rings. The molecular formula is C38H55N6O12P. The summed E-state index contributed by atoms with van der Waals surface area (Å²) in [6, 6.07) is 9.05. The molecular weight excluding hydrogens is 763 g/mol. The Morgan fingerprint density at radius 3 is 2.05 bits per heavy atom. The number of amides is 3. The van der Waals surface area contributed by atoms with E-state index in [1.54, 1.807) is 33.1 Å². The van der Waals surface area contributed by atoms with Gasteiger partial charge >= 0.3 is 25.6 Å². The third-order valence-electron chi connectivity index (χ3n) is 9.21. The number of anilines is 1. The van der Waals surface area contributed by atoms with Gasteiger partial charge in [0.1, 0.15) is 17.6 Å². The number of carbonyl (C=O) groups excluding carboxylic acids is 5. The van der Waals surface area contributed by atoms with Crippen molar-refractivity contribution in [3.63, 3.8) is 0 Å². The van der Waals surface area contributed by atoms with Crippen LogP contribution in [0.2, 0.25) is 0 Å². The smallest absolute Gasteiger partial charge is 0.409 e. The van der Waals surface area contributed by atoms with E-state index in [4.69, 9.17) is 33.0 Å². The van der Waals surface area contributed by atoms with Gasteiger partial charge in [0.15, 0.2) is 5.82 Å². The number of piperazine rings is 1. The molecule has 4 rings (SSSR count). The van der Waals surface area contributed by atoms with Crippen molar-refractivity contribution in [2.45, 2.75) is 77.9 Å². The van der Waals surface area contributed by atoms with Crippen LogP contribution in [0.5, 0.6) is 0 Å². The third kappa shape index (κ3) is 14.1. The van der Waals surface area contributed by atoms with E-state index < -0.39 is 63.2 Å². The first-order chi connectivity index (χ1) is 27.5. The van der Waals surface area contributed by atoms with Gasteiger partial charge in [-0.15, -0.1) is 0 Å². The van der Waals surface area contributed by atoms with Gasteiger partial charge in [-0.3, -0.25) is 32.8 Å². The van der Waals surface area contributed by atoms with Gasteiger partial charge in [-0.1, -0.05) is 57.5 Å². The standard InChI is InChI=1S/C38H55N6O12P/c1-5-8-22-52-38(49)43-20-18-42(19-21-43)37(48)31(25-57(50,55-26-53-33(45)12-6-2)56-27-54-34(46)13-7-3)40-36(47)30-23-32(44-17-16-29(24-44)51-4)41-35(39-30)28-14-10-9-11-15-28/h9-11,14-15,23,29,31H,5-8,12-13,16-22,24-27H2,1-4H3,(H,40,47)/t29-,31-/m0/s1. The lowest BCUT2D eigenvalue weighted by atomic mass is 10.2. The summed E-state index contributed by atoms with van der Waals surface area (Å²) < 4.78 is 46.3. The van der Waals surface area contributed by atoms with Crippen LogP contribution in [-0.4, -0.2) is 134 Å². The summed E-state index contributed by atoms with van der Waals surface area (Å²) >= 11 is 0. The monoisotopic (exact) mass is 818 g/mol. The van der Waals surface area contributed by atoms with Crippen LogP contribution in [0.15, 0.2) is 36.4 Å². The van der Waals surface area contributed by atoms with E-state index >= 15 is 0 Å². The summed E-state index contributed by atoms with van der Waals surface area (Å²) in [4.78, 5) is 79.5. The topological polar surface area (TPSA) is 205 Å². The van der Waals surface area contributed by atoms with Crippen molar-refractivity contribution < 1.29 is 56.5 Å². The van der Waals surface area contributed by atoms with Crippen molar-refractivity contribution in [3.8, 4) is 11.4 Å². The number of methoxy groups -OCH3 is 1. The average Bonchev–Trinajstić information content (AvgIpc) is 3.71. The fourth-order valence-electron chi connectivity index (χ4n) is 5.96. The number of hydrogen-bond donors (Lipinski definition) is 1. The highest BCUT2D eigenvalue weighted by molar-refractivity contribution is 7.54. The molecule has 2 saturated heterocycles. The highest BCUT2D eigenvalue weighted by Gasteiger charge is 2.39. The van der Waals surface area contributed by atoms with Crippen LogP contribution in [0, 0.1) is 0 Å². The Morgan fingerprint density at radius 1 is 0.842 bits per heavy atom. The van der Waals surface area contributed by atoms with Crippen molar-refractivity contribution >= 4 is 43.3 Å². The quantitative estimate of drug-likeness (QED) is 0.0610. The van der Waals surface area contributed by atoms with Gasteiger partial charge in [-0.25, -0.2) is 14.8 Å². The Morgan fingerprint density at radius 2 is 1.47 bits per heavy atom. The summed E-state index contributed by atoms with van der Waals surface area (Å²) in [5, 5.41) is 2.69. The number of esters is 2. The van der Waals surface area contributed by atoms with E-state index in [0.29, 0.717) is 37.3 Å². The van der Waals surface area contributed by atoms with E-state index in [2.05, 4.69) is 10.3 Å². The van der Waals surface area contributed by atoms with E-state index in [1.807, 2.05) is 30.0 Å². The fourth-order valence-corrected chi connectivity index (χ4v) is 7.37. The summed E-state index contributed by atoms with van der Waals surface area (Å²) in [5.41, 5.74) is 0.576.